The first kappa shape index (κ1) is 23.9. The lowest BCUT2D eigenvalue weighted by Gasteiger charge is -2.34. The molecule has 3 atom stereocenters. The number of benzene rings is 2. The van der Waals surface area contributed by atoms with E-state index in [0.29, 0.717) is 9.80 Å². The number of carboxylic acids is 2. The number of rotatable bonds is 4. The summed E-state index contributed by atoms with van der Waals surface area (Å²) in [4.78, 5) is 77.7. The van der Waals surface area contributed by atoms with E-state index in [2.05, 4.69) is 11.8 Å². The molecule has 2 N–H and O–H groups in total. The molecule has 2 fully saturated rings. The molecule has 3 unspecified atom stereocenters. The van der Waals surface area contributed by atoms with Gasteiger partial charge in [-0.1, -0.05) is 18.8 Å². The van der Waals surface area contributed by atoms with Crippen molar-refractivity contribution in [2.75, 3.05) is 9.80 Å². The van der Waals surface area contributed by atoms with Gasteiger partial charge in [-0.05, 0) is 36.4 Å². The number of hydrogen-bond acceptors (Lipinski definition) is 6. The molecule has 36 heavy (non-hydrogen) atoms. The Bertz CT molecular complexity index is 1490. The van der Waals surface area contributed by atoms with Gasteiger partial charge in [0.15, 0.2) is 0 Å². The van der Waals surface area contributed by atoms with Crippen molar-refractivity contribution >= 4 is 46.9 Å². The van der Waals surface area contributed by atoms with Crippen LogP contribution >= 0.6 is 0 Å². The molecule has 0 spiro atoms. The number of carboxylic acid groups (broad SMARTS) is 2. The summed E-state index contributed by atoms with van der Waals surface area (Å²) in [6, 6.07) is 7.01. The maximum atomic E-state index is 13.5. The van der Waals surface area contributed by atoms with Crippen LogP contribution in [0.1, 0.15) is 38.8 Å². The monoisotopic (exact) mass is 484 g/mol. The summed E-state index contributed by atoms with van der Waals surface area (Å²) >= 11 is 0. The number of fused-ring (bicyclic) bond motifs is 1. The number of amides is 4. The standard InChI is InChI=1S/C26H16N2O8/c1-4-13-6-15(25(33)34)10-17(8-13)27-21(29)12(3)19-20(23(27)31)24(32)28(22(19)30)18-9-14(5-2)7-16(11-18)26(35)36/h1-2,6-12,19-20H,3H3,(H,33,34)(H,35,36). The first-order valence-electron chi connectivity index (χ1n) is 10.5. The number of imide groups is 2. The van der Waals surface area contributed by atoms with Crippen molar-refractivity contribution in [3.05, 3.63) is 58.7 Å². The van der Waals surface area contributed by atoms with E-state index in [1.807, 2.05) is 0 Å². The van der Waals surface area contributed by atoms with Gasteiger partial charge in [0.2, 0.25) is 23.6 Å². The minimum Gasteiger partial charge on any atom is -0.478 e. The number of anilines is 2. The van der Waals surface area contributed by atoms with Crippen LogP contribution in [0, 0.1) is 42.4 Å². The highest BCUT2D eigenvalue weighted by atomic mass is 16.4. The van der Waals surface area contributed by atoms with Crippen LogP contribution in [-0.4, -0.2) is 45.8 Å². The summed E-state index contributed by atoms with van der Waals surface area (Å²) in [5, 5.41) is 18.8. The molecule has 0 aliphatic carbocycles. The Hall–Kier alpha value is -5.22. The summed E-state index contributed by atoms with van der Waals surface area (Å²) < 4.78 is 0. The number of terminal acetylenes is 2. The van der Waals surface area contributed by atoms with E-state index in [0.717, 1.165) is 12.1 Å². The lowest BCUT2D eigenvalue weighted by Crippen LogP contribution is -2.54. The number of hydrogen-bond donors (Lipinski definition) is 2. The summed E-state index contributed by atoms with van der Waals surface area (Å²) in [6.07, 6.45) is 10.8. The quantitative estimate of drug-likeness (QED) is 0.375. The second-order valence-electron chi connectivity index (χ2n) is 8.25. The minimum absolute atomic E-state index is 0.0861. The first-order valence-corrected chi connectivity index (χ1v) is 10.5. The summed E-state index contributed by atoms with van der Waals surface area (Å²) in [6.45, 7) is 1.37. The lowest BCUT2D eigenvalue weighted by molar-refractivity contribution is -0.143. The Labute approximate surface area is 204 Å². The van der Waals surface area contributed by atoms with Crippen LogP contribution in [-0.2, 0) is 19.2 Å². The van der Waals surface area contributed by atoms with Crippen molar-refractivity contribution in [1.82, 2.24) is 0 Å². The van der Waals surface area contributed by atoms with Gasteiger partial charge in [0, 0.05) is 17.0 Å². The highest BCUT2D eigenvalue weighted by Gasteiger charge is 2.60. The highest BCUT2D eigenvalue weighted by molar-refractivity contribution is 6.35. The number of piperidine rings is 1. The molecule has 2 aromatic carbocycles. The molecule has 4 amide bonds. The largest absolute Gasteiger partial charge is 0.478 e. The van der Waals surface area contributed by atoms with Crippen LogP contribution in [0.5, 0.6) is 0 Å². The zero-order chi connectivity index (χ0) is 26.5. The molecular weight excluding hydrogens is 468 g/mol. The number of aromatic carboxylic acids is 2. The molecule has 178 valence electrons. The van der Waals surface area contributed by atoms with Crippen LogP contribution in [0.4, 0.5) is 11.4 Å². The molecule has 2 aliphatic heterocycles. The van der Waals surface area contributed by atoms with Gasteiger partial charge in [-0.2, -0.15) is 0 Å². The minimum atomic E-state index is -1.60. The lowest BCUT2D eigenvalue weighted by atomic mass is 9.79. The van der Waals surface area contributed by atoms with Crippen molar-refractivity contribution in [2.24, 2.45) is 17.8 Å². The Morgan fingerprint density at radius 1 is 0.722 bits per heavy atom. The molecule has 0 saturated carbocycles. The smallest absolute Gasteiger partial charge is 0.335 e. The topological polar surface area (TPSA) is 149 Å². The maximum absolute atomic E-state index is 13.5. The summed E-state index contributed by atoms with van der Waals surface area (Å²) in [7, 11) is 0. The SMILES string of the molecule is C#Cc1cc(C(=O)O)cc(N2C(=O)C(C)C3C(=O)N(c4cc(C#C)cc(C(=O)O)c4)C(=O)C3C2=O)c1. The van der Waals surface area contributed by atoms with Crippen LogP contribution < -0.4 is 9.80 Å². The molecule has 10 heteroatoms. The Kier molecular flexibility index (Phi) is 5.67. The third-order valence-corrected chi connectivity index (χ3v) is 6.17. The molecule has 2 aliphatic rings. The normalized spacial score (nSPS) is 21.1. The van der Waals surface area contributed by atoms with E-state index < -0.39 is 53.3 Å². The molecule has 0 bridgehead atoms. The molecule has 4 rings (SSSR count). The molecule has 10 nitrogen and oxygen atoms in total. The van der Waals surface area contributed by atoms with Crippen LogP contribution in [0.2, 0.25) is 0 Å². The second kappa shape index (κ2) is 8.53. The van der Waals surface area contributed by atoms with Crippen molar-refractivity contribution < 1.29 is 39.0 Å². The van der Waals surface area contributed by atoms with Crippen LogP contribution in [0.25, 0.3) is 0 Å². The zero-order valence-electron chi connectivity index (χ0n) is 18.6. The fraction of sp³-hybridized carbons (Fsp3) is 0.154. The zero-order valence-corrected chi connectivity index (χ0v) is 18.6. The second-order valence-corrected chi connectivity index (χ2v) is 8.25. The summed E-state index contributed by atoms with van der Waals surface area (Å²) in [5.41, 5.74) is -0.676. The number of carbonyl (C=O) groups excluding carboxylic acids is 4. The molecule has 2 saturated heterocycles. The Balaban J connectivity index is 1.82. The average molecular weight is 484 g/mol. The number of carbonyl (C=O) groups is 6. The maximum Gasteiger partial charge on any atom is 0.335 e. The molecule has 0 radical (unpaired) electrons. The predicted molar refractivity (Wildman–Crippen MR) is 124 cm³/mol. The molecular formula is C26H16N2O8. The fourth-order valence-electron chi connectivity index (χ4n) is 4.46. The number of nitrogens with zero attached hydrogens (tertiary/aromatic N) is 2. The van der Waals surface area contributed by atoms with E-state index in [-0.39, 0.29) is 33.6 Å². The fourth-order valence-corrected chi connectivity index (χ4v) is 4.46. The van der Waals surface area contributed by atoms with Crippen LogP contribution in [0.3, 0.4) is 0 Å². The first-order chi connectivity index (χ1) is 17.0. The highest BCUT2D eigenvalue weighted by Crippen LogP contribution is 2.42. The van der Waals surface area contributed by atoms with E-state index in [9.17, 15) is 39.0 Å². The third kappa shape index (κ3) is 3.58. The van der Waals surface area contributed by atoms with Gasteiger partial charge in [-0.3, -0.25) is 19.2 Å². The van der Waals surface area contributed by atoms with E-state index in [4.69, 9.17) is 12.8 Å². The average Bonchev–Trinajstić information content (AvgIpc) is 3.12. The molecule has 2 aromatic rings. The van der Waals surface area contributed by atoms with E-state index in [1.165, 1.54) is 31.2 Å². The summed E-state index contributed by atoms with van der Waals surface area (Å²) in [5.74, 6) is -5.95. The third-order valence-electron chi connectivity index (χ3n) is 6.17. The predicted octanol–water partition coefficient (Wildman–Crippen LogP) is 1.36. The Morgan fingerprint density at radius 2 is 1.14 bits per heavy atom. The van der Waals surface area contributed by atoms with E-state index >= 15 is 0 Å². The van der Waals surface area contributed by atoms with Gasteiger partial charge < -0.3 is 10.2 Å². The van der Waals surface area contributed by atoms with Gasteiger partial charge in [-0.25, -0.2) is 19.4 Å². The van der Waals surface area contributed by atoms with Gasteiger partial charge in [0.1, 0.15) is 5.92 Å². The molecule has 2 heterocycles. The van der Waals surface area contributed by atoms with Crippen LogP contribution in [0.15, 0.2) is 36.4 Å². The van der Waals surface area contributed by atoms with Crippen molar-refractivity contribution in [3.63, 3.8) is 0 Å². The van der Waals surface area contributed by atoms with Gasteiger partial charge in [-0.15, -0.1) is 12.8 Å². The van der Waals surface area contributed by atoms with Gasteiger partial charge in [0.25, 0.3) is 0 Å². The Morgan fingerprint density at radius 3 is 1.53 bits per heavy atom. The van der Waals surface area contributed by atoms with Gasteiger partial charge in [0.05, 0.1) is 28.4 Å². The van der Waals surface area contributed by atoms with Crippen molar-refractivity contribution in [3.8, 4) is 24.7 Å². The van der Waals surface area contributed by atoms with Crippen molar-refractivity contribution in [2.45, 2.75) is 6.92 Å². The van der Waals surface area contributed by atoms with Crippen molar-refractivity contribution in [1.29, 1.82) is 0 Å². The molecule has 0 aromatic heterocycles. The van der Waals surface area contributed by atoms with E-state index in [1.54, 1.807) is 0 Å². The van der Waals surface area contributed by atoms with Gasteiger partial charge >= 0.3 is 11.9 Å².